The largest absolute Gasteiger partial charge is 0.420 e. The molecule has 0 radical (unpaired) electrons. The molecule has 0 heterocycles. The summed E-state index contributed by atoms with van der Waals surface area (Å²) in [5.41, 5.74) is 1.18. The normalized spacial score (nSPS) is 11.0. The van der Waals surface area contributed by atoms with Gasteiger partial charge in [-0.3, -0.25) is 0 Å². The van der Waals surface area contributed by atoms with Gasteiger partial charge in [-0.05, 0) is 31.9 Å². The summed E-state index contributed by atoms with van der Waals surface area (Å²) in [5.74, 6) is -1.26. The van der Waals surface area contributed by atoms with Crippen molar-refractivity contribution < 1.29 is 19.1 Å². The van der Waals surface area contributed by atoms with Gasteiger partial charge in [-0.15, -0.1) is 0 Å². The third kappa shape index (κ3) is 4.53. The highest BCUT2D eigenvalue weighted by Gasteiger charge is 2.43. The van der Waals surface area contributed by atoms with Gasteiger partial charge in [0.15, 0.2) is 0 Å². The number of esters is 2. The van der Waals surface area contributed by atoms with Gasteiger partial charge in [0.25, 0.3) is 6.29 Å². The monoisotopic (exact) mass is 364 g/mol. The van der Waals surface area contributed by atoms with Crippen LogP contribution in [0.3, 0.4) is 0 Å². The van der Waals surface area contributed by atoms with Crippen LogP contribution in [-0.2, 0) is 24.5 Å². The molecule has 0 N–H and O–H groups in total. The summed E-state index contributed by atoms with van der Waals surface area (Å²) in [4.78, 5) is 24.6. The van der Waals surface area contributed by atoms with Crippen molar-refractivity contribution in [3.63, 3.8) is 0 Å². The molecular formula is C23H24O4. The van der Waals surface area contributed by atoms with Gasteiger partial charge < -0.3 is 9.47 Å². The van der Waals surface area contributed by atoms with Crippen LogP contribution in [-0.4, -0.2) is 18.2 Å². The topological polar surface area (TPSA) is 52.6 Å². The van der Waals surface area contributed by atoms with Crippen LogP contribution >= 0.6 is 0 Å². The Labute approximate surface area is 160 Å². The molecule has 2 aromatic rings. The maximum absolute atomic E-state index is 12.3. The summed E-state index contributed by atoms with van der Waals surface area (Å²) in [6.45, 7) is 12.2. The lowest BCUT2D eigenvalue weighted by Gasteiger charge is -2.37. The van der Waals surface area contributed by atoms with E-state index in [0.29, 0.717) is 0 Å². The molecule has 0 aromatic heterocycles. The van der Waals surface area contributed by atoms with E-state index in [1.807, 2.05) is 67.6 Å². The molecule has 4 nitrogen and oxygen atoms in total. The van der Waals surface area contributed by atoms with E-state index in [1.165, 1.54) is 0 Å². The Bertz CT molecular complexity index is 770. The molecule has 0 saturated carbocycles. The lowest BCUT2D eigenvalue weighted by Crippen LogP contribution is -2.44. The Balaban J connectivity index is 2.61. The standard InChI is InChI=1S/C23H24O4/c1-16(2)20(24)26-22(27-21(25)17(3)4)23(5,18-12-8-6-9-13-18)19-14-10-7-11-15-19/h6-15,22H,1,3H2,2,4-5H3. The quantitative estimate of drug-likeness (QED) is 0.411. The average molecular weight is 364 g/mol. The van der Waals surface area contributed by atoms with Crippen molar-refractivity contribution in [2.45, 2.75) is 32.5 Å². The second-order valence-electron chi connectivity index (χ2n) is 6.64. The second-order valence-corrected chi connectivity index (χ2v) is 6.64. The molecule has 2 rings (SSSR count). The molecule has 0 aliphatic rings. The smallest absolute Gasteiger partial charge is 0.336 e. The van der Waals surface area contributed by atoms with Gasteiger partial charge in [-0.1, -0.05) is 73.8 Å². The van der Waals surface area contributed by atoms with E-state index in [1.54, 1.807) is 13.8 Å². The number of ether oxygens (including phenoxy) is 2. The van der Waals surface area contributed by atoms with Gasteiger partial charge in [-0.25, -0.2) is 9.59 Å². The van der Waals surface area contributed by atoms with E-state index in [4.69, 9.17) is 9.47 Å². The minimum atomic E-state index is -1.20. The van der Waals surface area contributed by atoms with Gasteiger partial charge in [-0.2, -0.15) is 0 Å². The first-order valence-electron chi connectivity index (χ1n) is 8.61. The van der Waals surface area contributed by atoms with Crippen molar-refractivity contribution in [2.24, 2.45) is 0 Å². The molecule has 0 amide bonds. The fourth-order valence-electron chi connectivity index (χ4n) is 2.66. The summed E-state index contributed by atoms with van der Waals surface area (Å²) < 4.78 is 11.2. The number of carbonyl (C=O) groups is 2. The predicted molar refractivity (Wildman–Crippen MR) is 105 cm³/mol. The molecule has 2 aromatic carbocycles. The Morgan fingerprint density at radius 2 is 1.11 bits per heavy atom. The molecule has 0 unspecified atom stereocenters. The third-order valence-electron chi connectivity index (χ3n) is 4.34. The first kappa shape index (κ1) is 20.2. The van der Waals surface area contributed by atoms with Crippen LogP contribution in [0.15, 0.2) is 85.0 Å². The lowest BCUT2D eigenvalue weighted by atomic mass is 9.75. The summed E-state index contributed by atoms with van der Waals surface area (Å²) in [7, 11) is 0. The zero-order chi connectivity index (χ0) is 20.0. The van der Waals surface area contributed by atoms with Crippen LogP contribution in [0.25, 0.3) is 0 Å². The van der Waals surface area contributed by atoms with Crippen molar-refractivity contribution in [1.29, 1.82) is 0 Å². The highest BCUT2D eigenvalue weighted by Crippen LogP contribution is 2.38. The highest BCUT2D eigenvalue weighted by atomic mass is 16.7. The molecule has 0 spiro atoms. The van der Waals surface area contributed by atoms with E-state index >= 15 is 0 Å². The minimum Gasteiger partial charge on any atom is -0.420 e. The Kier molecular flexibility index (Phi) is 6.35. The zero-order valence-electron chi connectivity index (χ0n) is 15.9. The van der Waals surface area contributed by atoms with Crippen LogP contribution in [0.2, 0.25) is 0 Å². The fraction of sp³-hybridized carbons (Fsp3) is 0.217. The molecule has 4 heteroatoms. The molecule has 0 atom stereocenters. The van der Waals surface area contributed by atoms with Crippen molar-refractivity contribution >= 4 is 11.9 Å². The van der Waals surface area contributed by atoms with Crippen LogP contribution in [0.5, 0.6) is 0 Å². The number of hydrogen-bond acceptors (Lipinski definition) is 4. The van der Waals surface area contributed by atoms with Gasteiger partial charge >= 0.3 is 11.9 Å². The van der Waals surface area contributed by atoms with E-state index in [2.05, 4.69) is 13.2 Å². The summed E-state index contributed by atoms with van der Waals surface area (Å²) in [6.07, 6.45) is -1.20. The van der Waals surface area contributed by atoms with Gasteiger partial charge in [0.2, 0.25) is 0 Å². The SMILES string of the molecule is C=C(C)C(=O)OC(OC(=O)C(=C)C)C(C)(c1ccccc1)c1ccccc1. The molecule has 140 valence electrons. The van der Waals surface area contributed by atoms with Gasteiger partial charge in [0.1, 0.15) is 0 Å². The molecule has 27 heavy (non-hydrogen) atoms. The van der Waals surface area contributed by atoms with Crippen molar-refractivity contribution in [3.8, 4) is 0 Å². The minimum absolute atomic E-state index is 0.217. The van der Waals surface area contributed by atoms with Crippen molar-refractivity contribution in [1.82, 2.24) is 0 Å². The van der Waals surface area contributed by atoms with E-state index in [-0.39, 0.29) is 11.1 Å². The first-order chi connectivity index (χ1) is 12.8. The molecule has 0 bridgehead atoms. The number of carbonyl (C=O) groups excluding carboxylic acids is 2. The lowest BCUT2D eigenvalue weighted by molar-refractivity contribution is -0.192. The average Bonchev–Trinajstić information content (AvgIpc) is 2.67. The van der Waals surface area contributed by atoms with E-state index in [9.17, 15) is 9.59 Å². The summed E-state index contributed by atoms with van der Waals surface area (Å²) in [6, 6.07) is 18.9. The summed E-state index contributed by atoms with van der Waals surface area (Å²) in [5, 5.41) is 0. The Hall–Kier alpha value is -3.14. The molecule has 0 saturated heterocycles. The molecule has 0 aliphatic heterocycles. The first-order valence-corrected chi connectivity index (χ1v) is 8.61. The summed E-state index contributed by atoms with van der Waals surface area (Å²) >= 11 is 0. The maximum Gasteiger partial charge on any atom is 0.336 e. The van der Waals surface area contributed by atoms with Crippen LogP contribution in [0.4, 0.5) is 0 Å². The molecular weight excluding hydrogens is 340 g/mol. The van der Waals surface area contributed by atoms with E-state index in [0.717, 1.165) is 11.1 Å². The van der Waals surface area contributed by atoms with Gasteiger partial charge in [0.05, 0.1) is 5.41 Å². The second kappa shape index (κ2) is 8.49. The number of rotatable bonds is 7. The molecule has 0 fully saturated rings. The Morgan fingerprint density at radius 3 is 1.41 bits per heavy atom. The number of hydrogen-bond donors (Lipinski definition) is 0. The van der Waals surface area contributed by atoms with Crippen LogP contribution in [0, 0.1) is 0 Å². The van der Waals surface area contributed by atoms with Crippen LogP contribution < -0.4 is 0 Å². The van der Waals surface area contributed by atoms with E-state index < -0.39 is 23.6 Å². The van der Waals surface area contributed by atoms with Crippen molar-refractivity contribution in [2.75, 3.05) is 0 Å². The fourth-order valence-corrected chi connectivity index (χ4v) is 2.66. The molecule has 0 aliphatic carbocycles. The highest BCUT2D eigenvalue weighted by molar-refractivity contribution is 5.88. The third-order valence-corrected chi connectivity index (χ3v) is 4.34. The predicted octanol–water partition coefficient (Wildman–Crippen LogP) is 4.56. The maximum atomic E-state index is 12.3. The Morgan fingerprint density at radius 1 is 0.778 bits per heavy atom. The van der Waals surface area contributed by atoms with Crippen molar-refractivity contribution in [3.05, 3.63) is 96.1 Å². The van der Waals surface area contributed by atoms with Crippen LogP contribution in [0.1, 0.15) is 31.9 Å². The zero-order valence-corrected chi connectivity index (χ0v) is 15.9. The number of benzene rings is 2. The van der Waals surface area contributed by atoms with Gasteiger partial charge in [0, 0.05) is 11.1 Å².